The van der Waals surface area contributed by atoms with Crippen molar-refractivity contribution in [3.63, 3.8) is 0 Å². The minimum Gasteiger partial charge on any atom is -0.385 e. The number of rotatable bonds is 8. The molecule has 0 bridgehead atoms. The second-order valence-electron chi connectivity index (χ2n) is 4.00. The zero-order chi connectivity index (χ0) is 12.8. The zero-order valence-electron chi connectivity index (χ0n) is 10.4. The minimum atomic E-state index is -2.97. The third-order valence-electron chi connectivity index (χ3n) is 2.51. The van der Waals surface area contributed by atoms with E-state index < -0.39 is 21.7 Å². The van der Waals surface area contributed by atoms with Crippen LogP contribution in [-0.4, -0.2) is 51.1 Å². The van der Waals surface area contributed by atoms with E-state index >= 15 is 0 Å². The van der Waals surface area contributed by atoms with Gasteiger partial charge < -0.3 is 14.6 Å². The Bertz CT molecular complexity index is 280. The second-order valence-corrected chi connectivity index (χ2v) is 6.47. The van der Waals surface area contributed by atoms with E-state index in [2.05, 4.69) is 0 Å². The van der Waals surface area contributed by atoms with Gasteiger partial charge in [-0.3, -0.25) is 0 Å². The minimum absolute atomic E-state index is 0.0831. The first kappa shape index (κ1) is 15.8. The van der Waals surface area contributed by atoms with Gasteiger partial charge in [-0.1, -0.05) is 6.92 Å². The molecule has 0 fully saturated rings. The fourth-order valence-corrected chi connectivity index (χ4v) is 2.39. The van der Waals surface area contributed by atoms with Crippen molar-refractivity contribution in [1.29, 1.82) is 0 Å². The summed E-state index contributed by atoms with van der Waals surface area (Å²) in [4.78, 5) is 0. The Balaban J connectivity index is 4.19. The third kappa shape index (κ3) is 5.25. The van der Waals surface area contributed by atoms with Gasteiger partial charge in [-0.05, 0) is 19.8 Å². The monoisotopic (exact) mass is 254 g/mol. The SMILES string of the molecule is CCS(=O)(=O)CCCC(C)(O)C(OC)OC. The molecule has 5 nitrogen and oxygen atoms in total. The summed E-state index contributed by atoms with van der Waals surface area (Å²) in [5.74, 6) is 0.215. The van der Waals surface area contributed by atoms with E-state index in [0.29, 0.717) is 12.8 Å². The summed E-state index contributed by atoms with van der Waals surface area (Å²) in [6.45, 7) is 3.18. The number of hydrogen-bond acceptors (Lipinski definition) is 5. The third-order valence-corrected chi connectivity index (χ3v) is 4.30. The molecule has 0 aromatic heterocycles. The Morgan fingerprint density at radius 1 is 1.31 bits per heavy atom. The summed E-state index contributed by atoms with van der Waals surface area (Å²) >= 11 is 0. The van der Waals surface area contributed by atoms with Gasteiger partial charge in [-0.2, -0.15) is 0 Å². The molecule has 1 atom stereocenters. The summed E-state index contributed by atoms with van der Waals surface area (Å²) in [6.07, 6.45) is -0.0258. The lowest BCUT2D eigenvalue weighted by molar-refractivity contribution is -0.210. The van der Waals surface area contributed by atoms with Gasteiger partial charge in [-0.25, -0.2) is 8.42 Å². The maximum Gasteiger partial charge on any atom is 0.185 e. The van der Waals surface area contributed by atoms with Crippen LogP contribution in [0.1, 0.15) is 26.7 Å². The van der Waals surface area contributed by atoms with Crippen LogP contribution in [0.25, 0.3) is 0 Å². The molecule has 0 aromatic carbocycles. The molecule has 1 unspecified atom stereocenters. The predicted molar refractivity (Wildman–Crippen MR) is 62.0 cm³/mol. The van der Waals surface area contributed by atoms with Gasteiger partial charge in [0.2, 0.25) is 0 Å². The van der Waals surface area contributed by atoms with Gasteiger partial charge in [0.15, 0.2) is 6.29 Å². The molecule has 0 heterocycles. The average molecular weight is 254 g/mol. The summed E-state index contributed by atoms with van der Waals surface area (Å²) < 4.78 is 32.4. The van der Waals surface area contributed by atoms with Gasteiger partial charge in [0.25, 0.3) is 0 Å². The maximum atomic E-state index is 11.2. The molecule has 0 amide bonds. The first-order valence-corrected chi connectivity index (χ1v) is 7.09. The van der Waals surface area contributed by atoms with E-state index in [-0.39, 0.29) is 11.5 Å². The second kappa shape index (κ2) is 6.54. The number of methoxy groups -OCH3 is 2. The van der Waals surface area contributed by atoms with Gasteiger partial charge in [0.1, 0.15) is 15.4 Å². The zero-order valence-corrected chi connectivity index (χ0v) is 11.2. The lowest BCUT2D eigenvalue weighted by Gasteiger charge is -2.30. The molecule has 6 heteroatoms. The molecule has 0 aliphatic heterocycles. The molecule has 0 rings (SSSR count). The van der Waals surface area contributed by atoms with Crippen molar-refractivity contribution in [3.8, 4) is 0 Å². The van der Waals surface area contributed by atoms with Crippen LogP contribution in [0, 0.1) is 0 Å². The lowest BCUT2D eigenvalue weighted by Crippen LogP contribution is -2.42. The highest BCUT2D eigenvalue weighted by atomic mass is 32.2. The maximum absolute atomic E-state index is 11.2. The van der Waals surface area contributed by atoms with E-state index in [9.17, 15) is 13.5 Å². The van der Waals surface area contributed by atoms with Crippen LogP contribution < -0.4 is 0 Å². The molecule has 0 spiro atoms. The molecule has 0 aromatic rings. The van der Waals surface area contributed by atoms with Gasteiger partial charge in [-0.15, -0.1) is 0 Å². The molecular weight excluding hydrogens is 232 g/mol. The summed E-state index contributed by atoms with van der Waals surface area (Å²) in [5, 5.41) is 10.00. The van der Waals surface area contributed by atoms with Crippen LogP contribution in [0.15, 0.2) is 0 Å². The molecule has 0 saturated carbocycles. The topological polar surface area (TPSA) is 72.8 Å². The number of sulfone groups is 1. The number of ether oxygens (including phenoxy) is 2. The van der Waals surface area contributed by atoms with Crippen LogP contribution in [0.2, 0.25) is 0 Å². The molecule has 16 heavy (non-hydrogen) atoms. The van der Waals surface area contributed by atoms with E-state index in [1.165, 1.54) is 14.2 Å². The molecular formula is C10H22O5S. The van der Waals surface area contributed by atoms with Crippen molar-refractivity contribution < 1.29 is 23.0 Å². The fourth-order valence-electron chi connectivity index (χ4n) is 1.52. The van der Waals surface area contributed by atoms with Gasteiger partial charge >= 0.3 is 0 Å². The Kier molecular flexibility index (Phi) is 6.47. The van der Waals surface area contributed by atoms with Crippen LogP contribution in [0.3, 0.4) is 0 Å². The van der Waals surface area contributed by atoms with Gasteiger partial charge in [0.05, 0.1) is 5.75 Å². The average Bonchev–Trinajstić information content (AvgIpc) is 2.18. The van der Waals surface area contributed by atoms with Crippen molar-refractivity contribution >= 4 is 9.84 Å². The largest absolute Gasteiger partial charge is 0.385 e. The van der Waals surface area contributed by atoms with Crippen molar-refractivity contribution in [1.82, 2.24) is 0 Å². The highest BCUT2D eigenvalue weighted by Gasteiger charge is 2.32. The summed E-state index contributed by atoms with van der Waals surface area (Å²) in [7, 11) is -0.102. The quantitative estimate of drug-likeness (QED) is 0.641. The standard InChI is InChI=1S/C10H22O5S/c1-5-16(12,13)8-6-7-10(2,11)9(14-3)15-4/h9,11H,5-8H2,1-4H3. The molecule has 0 saturated heterocycles. The highest BCUT2D eigenvalue weighted by molar-refractivity contribution is 7.91. The Morgan fingerprint density at radius 2 is 1.81 bits per heavy atom. The normalized spacial score (nSPS) is 16.4. The molecule has 98 valence electrons. The van der Waals surface area contributed by atoms with Crippen LogP contribution in [-0.2, 0) is 19.3 Å². The molecule has 0 radical (unpaired) electrons. The summed E-state index contributed by atoms with van der Waals surface area (Å²) in [5.41, 5.74) is -1.17. The van der Waals surface area contributed by atoms with Crippen molar-refractivity contribution in [2.24, 2.45) is 0 Å². The molecule has 0 aliphatic carbocycles. The van der Waals surface area contributed by atoms with Gasteiger partial charge in [0, 0.05) is 20.0 Å². The van der Waals surface area contributed by atoms with E-state index in [0.717, 1.165) is 0 Å². The lowest BCUT2D eigenvalue weighted by atomic mass is 10.00. The van der Waals surface area contributed by atoms with Crippen LogP contribution >= 0.6 is 0 Å². The summed E-state index contributed by atoms with van der Waals surface area (Å²) in [6, 6.07) is 0. The molecule has 0 aliphatic rings. The van der Waals surface area contributed by atoms with Crippen molar-refractivity contribution in [2.45, 2.75) is 38.6 Å². The molecule has 1 N–H and O–H groups in total. The fraction of sp³-hybridized carbons (Fsp3) is 1.00. The first-order chi connectivity index (χ1) is 7.29. The van der Waals surface area contributed by atoms with E-state index in [1.807, 2.05) is 0 Å². The van der Waals surface area contributed by atoms with Crippen LogP contribution in [0.4, 0.5) is 0 Å². The smallest absolute Gasteiger partial charge is 0.185 e. The van der Waals surface area contributed by atoms with Crippen molar-refractivity contribution in [2.75, 3.05) is 25.7 Å². The first-order valence-electron chi connectivity index (χ1n) is 5.27. The van der Waals surface area contributed by atoms with E-state index in [1.54, 1.807) is 13.8 Å². The van der Waals surface area contributed by atoms with Crippen LogP contribution in [0.5, 0.6) is 0 Å². The van der Waals surface area contributed by atoms with Crippen molar-refractivity contribution in [3.05, 3.63) is 0 Å². The Morgan fingerprint density at radius 3 is 2.19 bits per heavy atom. The predicted octanol–water partition coefficient (Wildman–Crippen LogP) is 0.571. The Hall–Kier alpha value is -0.170. The number of aliphatic hydroxyl groups is 1. The Labute approximate surface area is 97.7 Å². The van der Waals surface area contributed by atoms with E-state index in [4.69, 9.17) is 9.47 Å². The highest BCUT2D eigenvalue weighted by Crippen LogP contribution is 2.20. The number of hydrogen-bond donors (Lipinski definition) is 1.